The number of carbonyl (C=O) groups excluding carboxylic acids is 1. The van der Waals surface area contributed by atoms with Crippen molar-refractivity contribution in [3.8, 4) is 0 Å². The molecule has 0 fully saturated rings. The number of rotatable bonds is 4. The van der Waals surface area contributed by atoms with Gasteiger partial charge in [-0.25, -0.2) is 4.79 Å². The van der Waals surface area contributed by atoms with Crippen molar-refractivity contribution in [3.05, 3.63) is 30.1 Å². The molecular weight excluding hydrogens is 251 g/mol. The Balaban J connectivity index is 0. The Bertz CT molecular complexity index is 294. The molecule has 0 radical (unpaired) electrons. The van der Waals surface area contributed by atoms with Crippen molar-refractivity contribution in [2.24, 2.45) is 0 Å². The van der Waals surface area contributed by atoms with Gasteiger partial charge in [0.05, 0.1) is 5.56 Å². The molecule has 0 saturated carbocycles. The van der Waals surface area contributed by atoms with E-state index in [0.717, 1.165) is 6.54 Å². The van der Waals surface area contributed by atoms with Gasteiger partial charge in [-0.2, -0.15) is 0 Å². The molecule has 1 rings (SSSR count). The Hall–Kier alpha value is -0.840. The lowest BCUT2D eigenvalue weighted by Crippen LogP contribution is -2.20. The first kappa shape index (κ1) is 17.6. The average molecular weight is 267 g/mol. The molecule has 1 aromatic heterocycles. The van der Waals surface area contributed by atoms with Gasteiger partial charge in [0.15, 0.2) is 0 Å². The molecule has 0 saturated heterocycles. The fourth-order valence-corrected chi connectivity index (χ4v) is 0.888. The largest absolute Gasteiger partial charge is 0.461 e. The highest BCUT2D eigenvalue weighted by Gasteiger charge is 2.05. The quantitative estimate of drug-likeness (QED) is 0.778. The number of carbonyl (C=O) groups is 1. The van der Waals surface area contributed by atoms with Gasteiger partial charge in [0, 0.05) is 18.9 Å². The van der Waals surface area contributed by atoms with Crippen molar-refractivity contribution in [3.63, 3.8) is 0 Å². The van der Waals surface area contributed by atoms with E-state index < -0.39 is 0 Å². The molecule has 0 N–H and O–H groups in total. The summed E-state index contributed by atoms with van der Waals surface area (Å²) in [6.45, 7) is 1.13. The standard InChI is InChI=1S/C10H14N2O2.2ClH/c1-12(2)6-7-14-10(13)9-4-3-5-11-8-9;;/h3-5,8H,6-7H2,1-2H3;2*1H. The predicted octanol–water partition coefficient (Wildman–Crippen LogP) is 1.64. The van der Waals surface area contributed by atoms with Crippen LogP contribution in [0.3, 0.4) is 0 Å². The van der Waals surface area contributed by atoms with Crippen LogP contribution in [0.5, 0.6) is 0 Å². The second-order valence-electron chi connectivity index (χ2n) is 3.18. The molecule has 0 aliphatic carbocycles. The Morgan fingerprint density at radius 3 is 2.62 bits per heavy atom. The molecule has 0 atom stereocenters. The number of likely N-dealkylation sites (N-methyl/N-ethyl adjacent to an activating group) is 1. The first-order chi connectivity index (χ1) is 6.70. The van der Waals surface area contributed by atoms with Crippen LogP contribution in [-0.2, 0) is 4.74 Å². The van der Waals surface area contributed by atoms with Gasteiger partial charge in [-0.05, 0) is 26.2 Å². The zero-order valence-corrected chi connectivity index (χ0v) is 10.9. The number of esters is 1. The minimum Gasteiger partial charge on any atom is -0.461 e. The smallest absolute Gasteiger partial charge is 0.339 e. The number of pyridine rings is 1. The van der Waals surface area contributed by atoms with Crippen molar-refractivity contribution < 1.29 is 9.53 Å². The van der Waals surface area contributed by atoms with Crippen LogP contribution >= 0.6 is 24.8 Å². The molecule has 4 nitrogen and oxygen atoms in total. The lowest BCUT2D eigenvalue weighted by Gasteiger charge is -2.09. The molecule has 0 bridgehead atoms. The summed E-state index contributed by atoms with van der Waals surface area (Å²) in [5.41, 5.74) is 0.492. The van der Waals surface area contributed by atoms with Gasteiger partial charge in [0.2, 0.25) is 0 Å². The SMILES string of the molecule is CN(C)CCOC(=O)c1cccnc1.Cl.Cl. The zero-order chi connectivity index (χ0) is 10.4. The van der Waals surface area contributed by atoms with E-state index in [4.69, 9.17) is 4.74 Å². The van der Waals surface area contributed by atoms with Crippen molar-refractivity contribution in [1.29, 1.82) is 0 Å². The van der Waals surface area contributed by atoms with Crippen molar-refractivity contribution >= 4 is 30.8 Å². The molecule has 6 heteroatoms. The number of hydrogen-bond acceptors (Lipinski definition) is 4. The topological polar surface area (TPSA) is 42.4 Å². The molecule has 0 amide bonds. The molecule has 0 unspecified atom stereocenters. The molecular formula is C10H16Cl2N2O2. The molecule has 1 aromatic rings. The highest BCUT2D eigenvalue weighted by atomic mass is 35.5. The normalized spacial score (nSPS) is 8.94. The number of halogens is 2. The maximum Gasteiger partial charge on any atom is 0.339 e. The number of ether oxygens (including phenoxy) is 1. The third kappa shape index (κ3) is 6.61. The fraction of sp³-hybridized carbons (Fsp3) is 0.400. The summed E-state index contributed by atoms with van der Waals surface area (Å²) in [7, 11) is 3.86. The molecule has 16 heavy (non-hydrogen) atoms. The Morgan fingerprint density at radius 1 is 1.44 bits per heavy atom. The third-order valence-electron chi connectivity index (χ3n) is 1.67. The van der Waals surface area contributed by atoms with Gasteiger partial charge in [-0.1, -0.05) is 0 Å². The second-order valence-corrected chi connectivity index (χ2v) is 3.18. The van der Waals surface area contributed by atoms with E-state index in [9.17, 15) is 4.79 Å². The van der Waals surface area contributed by atoms with Crippen molar-refractivity contribution in [2.75, 3.05) is 27.2 Å². The molecule has 0 aromatic carbocycles. The minimum absolute atomic E-state index is 0. The summed E-state index contributed by atoms with van der Waals surface area (Å²) in [4.78, 5) is 17.1. The highest BCUT2D eigenvalue weighted by Crippen LogP contribution is 1.98. The van der Waals surface area contributed by atoms with Crippen LogP contribution in [0.15, 0.2) is 24.5 Å². The van der Waals surface area contributed by atoms with E-state index in [1.165, 1.54) is 6.20 Å². The average Bonchev–Trinajstić information content (AvgIpc) is 2.18. The predicted molar refractivity (Wildman–Crippen MR) is 67.6 cm³/mol. The van der Waals surface area contributed by atoms with Gasteiger partial charge in [0.1, 0.15) is 6.61 Å². The van der Waals surface area contributed by atoms with E-state index >= 15 is 0 Å². The summed E-state index contributed by atoms with van der Waals surface area (Å²) >= 11 is 0. The summed E-state index contributed by atoms with van der Waals surface area (Å²) in [5, 5.41) is 0. The van der Waals surface area contributed by atoms with E-state index in [1.54, 1.807) is 18.3 Å². The van der Waals surface area contributed by atoms with E-state index in [2.05, 4.69) is 4.98 Å². The van der Waals surface area contributed by atoms with Crippen molar-refractivity contribution in [1.82, 2.24) is 9.88 Å². The molecule has 1 heterocycles. The molecule has 0 aliphatic rings. The molecule has 0 spiro atoms. The van der Waals surface area contributed by atoms with Gasteiger partial charge < -0.3 is 9.64 Å². The zero-order valence-electron chi connectivity index (χ0n) is 9.25. The number of hydrogen-bond donors (Lipinski definition) is 0. The van der Waals surface area contributed by atoms with Crippen molar-refractivity contribution in [2.45, 2.75) is 0 Å². The maximum atomic E-state index is 11.3. The first-order valence-electron chi connectivity index (χ1n) is 4.42. The third-order valence-corrected chi connectivity index (χ3v) is 1.67. The van der Waals surface area contributed by atoms with E-state index in [0.29, 0.717) is 12.2 Å². The minimum atomic E-state index is -0.319. The lowest BCUT2D eigenvalue weighted by atomic mass is 10.3. The van der Waals surface area contributed by atoms with Crippen LogP contribution in [0, 0.1) is 0 Å². The van der Waals surface area contributed by atoms with Gasteiger partial charge in [-0.3, -0.25) is 4.98 Å². The maximum absolute atomic E-state index is 11.3. The first-order valence-corrected chi connectivity index (χ1v) is 4.42. The monoisotopic (exact) mass is 266 g/mol. The van der Waals surface area contributed by atoms with Crippen LogP contribution in [0.4, 0.5) is 0 Å². The van der Waals surface area contributed by atoms with Crippen LogP contribution in [0.25, 0.3) is 0 Å². The second kappa shape index (κ2) is 9.39. The summed E-state index contributed by atoms with van der Waals surface area (Å²) < 4.78 is 5.02. The van der Waals surface area contributed by atoms with Gasteiger partial charge >= 0.3 is 5.97 Å². The Morgan fingerprint density at radius 2 is 2.12 bits per heavy atom. The number of nitrogens with zero attached hydrogens (tertiary/aromatic N) is 2. The van der Waals surface area contributed by atoms with Gasteiger partial charge in [-0.15, -0.1) is 24.8 Å². The van der Waals surface area contributed by atoms with Crippen LogP contribution < -0.4 is 0 Å². The van der Waals surface area contributed by atoms with Crippen LogP contribution in [0.2, 0.25) is 0 Å². The van der Waals surface area contributed by atoms with Crippen LogP contribution in [0.1, 0.15) is 10.4 Å². The summed E-state index contributed by atoms with van der Waals surface area (Å²) in [6, 6.07) is 3.40. The van der Waals surface area contributed by atoms with Crippen LogP contribution in [-0.4, -0.2) is 43.1 Å². The van der Waals surface area contributed by atoms with E-state index in [1.807, 2.05) is 19.0 Å². The lowest BCUT2D eigenvalue weighted by molar-refractivity contribution is 0.0481. The number of aromatic nitrogens is 1. The summed E-state index contributed by atoms with van der Waals surface area (Å²) in [6.07, 6.45) is 3.12. The van der Waals surface area contributed by atoms with Gasteiger partial charge in [0.25, 0.3) is 0 Å². The molecule has 92 valence electrons. The molecule has 0 aliphatic heterocycles. The fourth-order valence-electron chi connectivity index (χ4n) is 0.888. The summed E-state index contributed by atoms with van der Waals surface area (Å²) in [5.74, 6) is -0.319. The Kier molecular flexibility index (Phi) is 10.3. The highest BCUT2D eigenvalue weighted by molar-refractivity contribution is 5.88. The van der Waals surface area contributed by atoms with E-state index in [-0.39, 0.29) is 30.8 Å². The Labute approximate surface area is 108 Å².